The van der Waals surface area contributed by atoms with Crippen molar-refractivity contribution in [2.45, 2.75) is 19.0 Å². The van der Waals surface area contributed by atoms with Crippen LogP contribution in [0.15, 0.2) is 24.3 Å². The third-order valence-corrected chi connectivity index (χ3v) is 3.82. The van der Waals surface area contributed by atoms with Crippen molar-refractivity contribution in [3.05, 3.63) is 29.8 Å². The van der Waals surface area contributed by atoms with Gasteiger partial charge < -0.3 is 15.1 Å². The van der Waals surface area contributed by atoms with Gasteiger partial charge in [0, 0.05) is 25.3 Å². The molecule has 132 valence electrons. The molecule has 8 heteroatoms. The topological polar surface area (TPSA) is 52.7 Å². The lowest BCUT2D eigenvalue weighted by Crippen LogP contribution is -2.41. The van der Waals surface area contributed by atoms with Gasteiger partial charge in [-0.1, -0.05) is 12.1 Å². The van der Waals surface area contributed by atoms with Crippen LogP contribution in [-0.4, -0.2) is 61.0 Å². The van der Waals surface area contributed by atoms with Gasteiger partial charge in [-0.25, -0.2) is 0 Å². The number of rotatable bonds is 2. The van der Waals surface area contributed by atoms with Crippen molar-refractivity contribution in [1.82, 2.24) is 9.80 Å². The molecule has 0 aliphatic carbocycles. The molecule has 1 aromatic carbocycles. The zero-order chi connectivity index (χ0) is 17.7. The first kappa shape index (κ1) is 18.3. The number of nitrogens with one attached hydrogen (secondary N) is 1. The maximum Gasteiger partial charge on any atom is 0.393 e. The van der Waals surface area contributed by atoms with E-state index < -0.39 is 24.4 Å². The molecule has 1 aromatic rings. The number of alkyl halides is 3. The summed E-state index contributed by atoms with van der Waals surface area (Å²) in [7, 11) is 1.95. The molecule has 0 spiro atoms. The molecule has 1 N–H and O–H groups in total. The summed E-state index contributed by atoms with van der Waals surface area (Å²) >= 11 is 0. The summed E-state index contributed by atoms with van der Waals surface area (Å²) in [5, 5.41) is 2.44. The number of likely N-dealkylation sites (N-methyl/N-ethyl adjacent to an activating group) is 1. The zero-order valence-corrected chi connectivity index (χ0v) is 13.4. The van der Waals surface area contributed by atoms with E-state index in [9.17, 15) is 22.8 Å². The average Bonchev–Trinajstić information content (AvgIpc) is 2.71. The first-order valence-electron chi connectivity index (χ1n) is 7.69. The van der Waals surface area contributed by atoms with Crippen molar-refractivity contribution in [2.75, 3.05) is 38.5 Å². The molecule has 2 rings (SSSR count). The van der Waals surface area contributed by atoms with E-state index in [2.05, 4.69) is 10.2 Å². The molecule has 1 saturated heterocycles. The molecule has 5 nitrogen and oxygen atoms in total. The second kappa shape index (κ2) is 7.65. The van der Waals surface area contributed by atoms with E-state index in [0.29, 0.717) is 25.3 Å². The number of halogens is 3. The largest absolute Gasteiger partial charge is 0.393 e. The number of nitrogens with zero attached hydrogens (tertiary/aromatic N) is 2. The Morgan fingerprint density at radius 2 is 1.75 bits per heavy atom. The molecular formula is C16H20F3N3O2. The van der Waals surface area contributed by atoms with E-state index >= 15 is 0 Å². The van der Waals surface area contributed by atoms with E-state index in [0.717, 1.165) is 13.0 Å². The van der Waals surface area contributed by atoms with Gasteiger partial charge in [0.1, 0.15) is 0 Å². The Balaban J connectivity index is 1.92. The minimum atomic E-state index is -4.28. The van der Waals surface area contributed by atoms with Gasteiger partial charge in [0.25, 0.3) is 0 Å². The normalized spacial score (nSPS) is 16.6. The number of carbonyl (C=O) groups excluding carboxylic acids is 2. The Kier molecular flexibility index (Phi) is 5.82. The molecule has 0 saturated carbocycles. The predicted octanol–water partition coefficient (Wildman–Crippen LogP) is 1.89. The molecule has 0 atom stereocenters. The number of anilines is 1. The molecule has 0 bridgehead atoms. The summed E-state index contributed by atoms with van der Waals surface area (Å²) in [5.74, 6) is -1.40. The smallest absolute Gasteiger partial charge is 0.333 e. The molecule has 2 amide bonds. The number of carbonyl (C=O) groups is 2. The second-order valence-corrected chi connectivity index (χ2v) is 5.89. The van der Waals surface area contributed by atoms with Crippen LogP contribution in [0.3, 0.4) is 0 Å². The minimum absolute atomic E-state index is 0.0994. The van der Waals surface area contributed by atoms with Crippen LogP contribution in [0, 0.1) is 0 Å². The number of hydrogen-bond donors (Lipinski definition) is 1. The van der Waals surface area contributed by atoms with Gasteiger partial charge in [0.05, 0.1) is 6.42 Å². The molecule has 0 radical (unpaired) electrons. The van der Waals surface area contributed by atoms with Crippen LogP contribution in [0.2, 0.25) is 0 Å². The lowest BCUT2D eigenvalue weighted by Gasteiger charge is -2.19. The van der Waals surface area contributed by atoms with E-state index in [1.165, 1.54) is 29.2 Å². The van der Waals surface area contributed by atoms with Gasteiger partial charge in [0.2, 0.25) is 0 Å². The summed E-state index contributed by atoms with van der Waals surface area (Å²) in [6.07, 6.45) is -4.51. The van der Waals surface area contributed by atoms with Crippen LogP contribution in [0.25, 0.3) is 0 Å². The van der Waals surface area contributed by atoms with Crippen LogP contribution in [0.4, 0.5) is 18.9 Å². The van der Waals surface area contributed by atoms with Gasteiger partial charge in [-0.15, -0.1) is 0 Å². The van der Waals surface area contributed by atoms with Crippen molar-refractivity contribution in [1.29, 1.82) is 0 Å². The summed E-state index contributed by atoms with van der Waals surface area (Å²) in [6, 6.07) is 5.30. The molecule has 1 aliphatic rings. The molecule has 0 unspecified atom stereocenters. The van der Waals surface area contributed by atoms with Crippen LogP contribution in [-0.2, 0) is 16.0 Å². The van der Waals surface area contributed by atoms with Gasteiger partial charge in [-0.3, -0.25) is 9.59 Å². The average molecular weight is 343 g/mol. The van der Waals surface area contributed by atoms with Crippen molar-refractivity contribution < 1.29 is 22.8 Å². The summed E-state index contributed by atoms with van der Waals surface area (Å²) in [5.41, 5.74) is 0.397. The highest BCUT2D eigenvalue weighted by molar-refractivity contribution is 6.39. The van der Waals surface area contributed by atoms with Gasteiger partial charge in [-0.2, -0.15) is 13.2 Å². The minimum Gasteiger partial charge on any atom is -0.333 e. The Hall–Kier alpha value is -2.09. The Bertz CT molecular complexity index is 587. The van der Waals surface area contributed by atoms with Crippen LogP contribution in [0.1, 0.15) is 12.0 Å². The lowest BCUT2D eigenvalue weighted by molar-refractivity contribution is -0.143. The fourth-order valence-corrected chi connectivity index (χ4v) is 2.52. The fourth-order valence-electron chi connectivity index (χ4n) is 2.52. The molecule has 24 heavy (non-hydrogen) atoms. The first-order chi connectivity index (χ1) is 11.2. The fraction of sp³-hybridized carbons (Fsp3) is 0.500. The summed E-state index contributed by atoms with van der Waals surface area (Å²) < 4.78 is 36.9. The lowest BCUT2D eigenvalue weighted by atomic mass is 10.1. The number of hydrogen-bond acceptors (Lipinski definition) is 3. The first-order valence-corrected chi connectivity index (χ1v) is 7.69. The van der Waals surface area contributed by atoms with Crippen molar-refractivity contribution in [3.63, 3.8) is 0 Å². The molecular weight excluding hydrogens is 323 g/mol. The molecule has 0 aromatic heterocycles. The van der Waals surface area contributed by atoms with Gasteiger partial charge >= 0.3 is 18.0 Å². The van der Waals surface area contributed by atoms with E-state index in [-0.39, 0.29) is 5.56 Å². The van der Waals surface area contributed by atoms with Crippen LogP contribution >= 0.6 is 0 Å². The van der Waals surface area contributed by atoms with Gasteiger partial charge in [-0.05, 0) is 37.7 Å². The summed E-state index contributed by atoms with van der Waals surface area (Å²) in [4.78, 5) is 27.8. The predicted molar refractivity (Wildman–Crippen MR) is 83.5 cm³/mol. The van der Waals surface area contributed by atoms with Crippen LogP contribution < -0.4 is 5.32 Å². The third-order valence-electron chi connectivity index (χ3n) is 3.82. The quantitative estimate of drug-likeness (QED) is 0.835. The Labute approximate surface area is 138 Å². The maximum atomic E-state index is 12.3. The Morgan fingerprint density at radius 1 is 1.08 bits per heavy atom. The Morgan fingerprint density at radius 3 is 2.38 bits per heavy atom. The monoisotopic (exact) mass is 343 g/mol. The third kappa shape index (κ3) is 5.52. The van der Waals surface area contributed by atoms with Gasteiger partial charge in [0.15, 0.2) is 0 Å². The molecule has 1 fully saturated rings. The van der Waals surface area contributed by atoms with Crippen molar-refractivity contribution in [3.8, 4) is 0 Å². The highest BCUT2D eigenvalue weighted by Gasteiger charge is 2.27. The maximum absolute atomic E-state index is 12.3. The van der Waals surface area contributed by atoms with Crippen molar-refractivity contribution in [2.24, 2.45) is 0 Å². The molecule has 1 heterocycles. The highest BCUT2D eigenvalue weighted by atomic mass is 19.4. The van der Waals surface area contributed by atoms with E-state index in [1.807, 2.05) is 7.05 Å². The zero-order valence-electron chi connectivity index (χ0n) is 13.4. The molecule has 1 aliphatic heterocycles. The number of amides is 2. The van der Waals surface area contributed by atoms with Crippen LogP contribution in [0.5, 0.6) is 0 Å². The second-order valence-electron chi connectivity index (χ2n) is 5.89. The van der Waals surface area contributed by atoms with Crippen molar-refractivity contribution >= 4 is 17.5 Å². The van der Waals surface area contributed by atoms with E-state index in [4.69, 9.17) is 0 Å². The highest BCUT2D eigenvalue weighted by Crippen LogP contribution is 2.22. The van der Waals surface area contributed by atoms with E-state index in [1.54, 1.807) is 0 Å². The number of benzene rings is 1. The standard InChI is InChI=1S/C16H20F3N3O2/c1-21-7-2-8-22(10-9-21)15(24)14(23)20-13-5-3-12(4-6-13)11-16(17,18)19/h3-6H,2,7-11H2,1H3,(H,20,23). The SMILES string of the molecule is CN1CCCN(C(=O)C(=O)Nc2ccc(CC(F)(F)F)cc2)CC1. The summed E-state index contributed by atoms with van der Waals surface area (Å²) in [6.45, 7) is 2.56.